The number of aliphatic hydroxyl groups is 6. The second kappa shape index (κ2) is 35.1. The number of phenolic OH excluding ortho intramolecular Hbond substituents is 2. The summed E-state index contributed by atoms with van der Waals surface area (Å²) in [6, 6.07) is -1.16. The third kappa shape index (κ3) is 23.1. The van der Waals surface area contributed by atoms with Gasteiger partial charge in [-0.3, -0.25) is 19.4 Å². The summed E-state index contributed by atoms with van der Waals surface area (Å²) in [6.45, 7) is 5.42. The number of rotatable bonds is 26. The average molecular weight is 1130 g/mol. The maximum absolute atomic E-state index is 13.3. The number of nitrogens with two attached hydrogens (primary N) is 1. The fourth-order valence-electron chi connectivity index (χ4n) is 7.65. The number of aliphatic hydroxyl groups excluding tert-OH is 6. The predicted molar refractivity (Wildman–Crippen MR) is 287 cm³/mol. The van der Waals surface area contributed by atoms with Gasteiger partial charge in [-0.1, -0.05) is 59.7 Å². The average Bonchev–Trinajstić information content (AvgIpc) is 3.38. The number of nitrogens with one attached hydrogen (secondary N) is 5. The summed E-state index contributed by atoms with van der Waals surface area (Å²) in [5.74, 6) is -4.70. The van der Waals surface area contributed by atoms with Crippen LogP contribution in [0.5, 0.6) is 11.5 Å². The van der Waals surface area contributed by atoms with Crippen LogP contribution < -0.4 is 32.3 Å². The zero-order valence-electron chi connectivity index (χ0n) is 44.1. The molecular formula is C49H77N7O19S2. The zero-order valence-corrected chi connectivity index (χ0v) is 45.8. The van der Waals surface area contributed by atoms with Crippen molar-refractivity contribution in [2.45, 2.75) is 121 Å². The fourth-order valence-corrected chi connectivity index (χ4v) is 9.63. The number of fused-ring (bicyclic) bond motifs is 2. The van der Waals surface area contributed by atoms with Gasteiger partial charge in [-0.25, -0.2) is 14.4 Å². The molecule has 1 heterocycles. The van der Waals surface area contributed by atoms with Gasteiger partial charge >= 0.3 is 18.2 Å². The van der Waals surface area contributed by atoms with Crippen molar-refractivity contribution >= 4 is 75.1 Å². The van der Waals surface area contributed by atoms with Crippen LogP contribution in [0.15, 0.2) is 46.5 Å². The largest absolute Gasteiger partial charge is 0.506 e. The van der Waals surface area contributed by atoms with Crippen molar-refractivity contribution in [3.8, 4) is 11.5 Å². The Morgan fingerprint density at radius 1 is 1.00 bits per heavy atom. The molecule has 0 fully saturated rings. The summed E-state index contributed by atoms with van der Waals surface area (Å²) in [5.41, 5.74) is 6.20. The number of aliphatic imine (C=N–C) groups is 1. The highest BCUT2D eigenvalue weighted by Gasteiger charge is 2.32. The van der Waals surface area contributed by atoms with Crippen LogP contribution in [0, 0.1) is 11.8 Å². The molecule has 434 valence electrons. The van der Waals surface area contributed by atoms with E-state index >= 15 is 0 Å². The number of primary amides is 1. The van der Waals surface area contributed by atoms with Crippen LogP contribution in [-0.2, 0) is 44.5 Å². The molecule has 28 heteroatoms. The molecule has 1 aliphatic rings. The van der Waals surface area contributed by atoms with Crippen LogP contribution in [0.2, 0.25) is 0 Å². The quantitative estimate of drug-likeness (QED) is 0.0148. The number of hydrogen-bond acceptors (Lipinski definition) is 22. The summed E-state index contributed by atoms with van der Waals surface area (Å²) in [7, 11) is 6.56. The van der Waals surface area contributed by atoms with E-state index < -0.39 is 116 Å². The predicted octanol–water partition coefficient (Wildman–Crippen LogP) is 0.248. The lowest BCUT2D eigenvalue weighted by atomic mass is 9.87. The molecule has 5 amide bonds. The molecule has 2 rings (SSSR count). The highest BCUT2D eigenvalue weighted by Crippen LogP contribution is 2.44. The second-order valence-electron chi connectivity index (χ2n) is 18.1. The Bertz CT molecular complexity index is 2220. The molecule has 0 unspecified atom stereocenters. The smallest absolute Gasteiger partial charge is 0.407 e. The van der Waals surface area contributed by atoms with Crippen molar-refractivity contribution in [2.75, 3.05) is 64.4 Å². The van der Waals surface area contributed by atoms with Crippen LogP contribution in [0.1, 0.15) is 58.9 Å². The van der Waals surface area contributed by atoms with Crippen molar-refractivity contribution in [3.05, 3.63) is 47.1 Å². The summed E-state index contributed by atoms with van der Waals surface area (Å²) >= 11 is 0. The number of anilines is 1. The molecule has 1 aromatic rings. The molecule has 2 bridgehead atoms. The minimum absolute atomic E-state index is 0.000466. The molecule has 1 aromatic carbocycles. The molecule has 0 saturated carbocycles. The van der Waals surface area contributed by atoms with Gasteiger partial charge in [-0.15, -0.1) is 0 Å². The molecule has 26 nitrogen and oxygen atoms in total. The minimum atomic E-state index is -1.88. The first-order valence-electron chi connectivity index (χ1n) is 24.5. The van der Waals surface area contributed by atoms with Crippen LogP contribution >= 0.6 is 21.6 Å². The van der Waals surface area contributed by atoms with Gasteiger partial charge < -0.3 is 97.2 Å². The van der Waals surface area contributed by atoms with E-state index in [0.29, 0.717) is 5.57 Å². The number of aromatic hydroxyl groups is 2. The Kier molecular flexibility index (Phi) is 30.8. The summed E-state index contributed by atoms with van der Waals surface area (Å²) < 4.78 is 21.9. The van der Waals surface area contributed by atoms with E-state index in [9.17, 15) is 69.6 Å². The molecule has 12 atom stereocenters. The van der Waals surface area contributed by atoms with Gasteiger partial charge in [0.05, 0.1) is 36.6 Å². The first-order valence-corrected chi connectivity index (χ1v) is 27.0. The zero-order chi connectivity index (χ0) is 57.9. The van der Waals surface area contributed by atoms with Gasteiger partial charge in [0.1, 0.15) is 54.3 Å². The standard InChI is InChI=1S/C49H77N7O19S2/c1-25-18-29-39(33(58)21-31(41(29)63)55-45(66)26(2)10-8-11-36(72-6)44(75-48(50)70)28(4)20-27(3)40(62)37(19-25)73-7)52-14-9-15-53-49(71)74-16-17-76-77-24-32(47(68)69)56-46(67)30(51-5)12-13-38(61)54-22-34(59)42(64)43(65)35(60)23-57/h8,10-11,14,20-21,25,27,30,32,34-37,40,42-44,51,57-60,62-65H,9,12-13,15-19,22-24H2,1-7H3,(H2,50,70)(H,53,71)(H,54,61)(H,55,66)(H,56,67)(H,68,69)/b11-8-,26-10?,28-20?,52-14?/t25-,27+,30+,32+,34+,35-,36+,37+,40-,42-,43-,44+/m1/s1. The van der Waals surface area contributed by atoms with E-state index in [4.69, 9.17) is 29.8 Å². The number of aliphatic carboxylic acids is 1. The molecule has 16 N–H and O–H groups in total. The van der Waals surface area contributed by atoms with Crippen molar-refractivity contribution in [3.63, 3.8) is 0 Å². The number of carbonyl (C=O) groups excluding carboxylic acids is 5. The number of likely N-dealkylation sites (N-methyl/N-ethyl adjacent to an activating group) is 1. The van der Waals surface area contributed by atoms with E-state index in [1.807, 2.05) is 6.92 Å². The molecule has 77 heavy (non-hydrogen) atoms. The van der Waals surface area contributed by atoms with E-state index in [1.54, 1.807) is 26.0 Å². The topological polar surface area (TPSA) is 420 Å². The lowest BCUT2D eigenvalue weighted by molar-refractivity contribution is -0.141. The Balaban J connectivity index is 2.02. The van der Waals surface area contributed by atoms with Crippen LogP contribution in [0.25, 0.3) is 0 Å². The van der Waals surface area contributed by atoms with Crippen LogP contribution in [-0.4, -0.2) is 208 Å². The van der Waals surface area contributed by atoms with Crippen LogP contribution in [0.3, 0.4) is 0 Å². The summed E-state index contributed by atoms with van der Waals surface area (Å²) in [5, 5.41) is 105. The summed E-state index contributed by atoms with van der Waals surface area (Å²) in [4.78, 5) is 79.2. The maximum atomic E-state index is 13.3. The monoisotopic (exact) mass is 1130 g/mol. The molecule has 0 saturated heterocycles. The van der Waals surface area contributed by atoms with Gasteiger partial charge in [0, 0.05) is 81.0 Å². The number of hydrogen-bond donors (Lipinski definition) is 15. The number of alkyl carbamates (subject to hydrolysis) is 1. The Labute approximate surface area is 454 Å². The van der Waals surface area contributed by atoms with Gasteiger partial charge in [0.15, 0.2) is 6.10 Å². The highest BCUT2D eigenvalue weighted by molar-refractivity contribution is 8.76. The van der Waals surface area contributed by atoms with Gasteiger partial charge in [-0.05, 0) is 51.6 Å². The number of phenols is 2. The molecule has 0 radical (unpaired) electrons. The van der Waals surface area contributed by atoms with E-state index in [0.717, 1.165) is 16.9 Å². The third-order valence-electron chi connectivity index (χ3n) is 12.1. The molecule has 0 spiro atoms. The molecule has 1 aliphatic heterocycles. The SMILES string of the molecule is CN[C@@H](CCC(=O)NC[C@H](O)[C@@H](O)[C@H](O)[C@H](O)CO)C(=O)N[C@@H](CSSCCOC(=O)NCCC=Nc1c(O)cc2c(O)c1C[C@@H](C)C[C@H](OC)[C@H](O)[C@@H](C)C=C(C)[C@H](OC(N)=O)[C@@H](OC)/C=C\C=C(C)C(=O)N2)C(=O)O. The van der Waals surface area contributed by atoms with Crippen molar-refractivity contribution in [1.29, 1.82) is 0 Å². The number of carbonyl (C=O) groups is 6. The molecule has 0 aromatic heterocycles. The normalized spacial score (nSPS) is 22.4. The Morgan fingerprint density at radius 3 is 2.31 bits per heavy atom. The minimum Gasteiger partial charge on any atom is -0.506 e. The molecular weight excluding hydrogens is 1050 g/mol. The number of methoxy groups -OCH3 is 2. The summed E-state index contributed by atoms with van der Waals surface area (Å²) in [6.07, 6.45) is -4.74. The molecule has 0 aliphatic carbocycles. The van der Waals surface area contributed by atoms with Gasteiger partial charge in [0.25, 0.3) is 5.91 Å². The second-order valence-corrected chi connectivity index (χ2v) is 20.7. The van der Waals surface area contributed by atoms with E-state index in [2.05, 4.69) is 31.6 Å². The lowest BCUT2D eigenvalue weighted by Gasteiger charge is -2.29. The van der Waals surface area contributed by atoms with Gasteiger partial charge in [-0.2, -0.15) is 0 Å². The van der Waals surface area contributed by atoms with Crippen molar-refractivity contribution in [1.82, 2.24) is 21.3 Å². The number of carboxylic acid groups (broad SMARTS) is 1. The highest BCUT2D eigenvalue weighted by atomic mass is 33.1. The number of allylic oxidation sites excluding steroid dienone is 2. The number of amides is 5. The van der Waals surface area contributed by atoms with Crippen molar-refractivity contribution < 1.29 is 93.7 Å². The first-order chi connectivity index (χ1) is 36.4. The van der Waals surface area contributed by atoms with Crippen LogP contribution in [0.4, 0.5) is 21.0 Å². The third-order valence-corrected chi connectivity index (χ3v) is 14.4. The Hall–Kier alpha value is -5.53. The fraction of sp³-hybridized carbons (Fsp3) is 0.612. The first kappa shape index (κ1) is 67.6. The van der Waals surface area contributed by atoms with Crippen molar-refractivity contribution in [2.24, 2.45) is 22.6 Å². The van der Waals surface area contributed by atoms with E-state index in [-0.39, 0.29) is 96.7 Å². The lowest BCUT2D eigenvalue weighted by Crippen LogP contribution is -2.51. The number of nitrogens with zero attached hydrogens (tertiary/aromatic N) is 1. The Morgan fingerprint density at radius 2 is 1.69 bits per heavy atom. The maximum Gasteiger partial charge on any atom is 0.407 e. The number of carboxylic acids is 1. The van der Waals surface area contributed by atoms with Gasteiger partial charge in [0.2, 0.25) is 11.8 Å². The number of ether oxygens (including phenoxy) is 4. The van der Waals surface area contributed by atoms with E-state index in [1.165, 1.54) is 57.4 Å². The number of benzene rings is 1.